The van der Waals surface area contributed by atoms with Crippen molar-refractivity contribution in [2.24, 2.45) is 0 Å². The average molecular weight is 442 g/mol. The number of aromatic nitrogens is 1. The van der Waals surface area contributed by atoms with Gasteiger partial charge in [-0.1, -0.05) is 35.9 Å². The van der Waals surface area contributed by atoms with E-state index >= 15 is 0 Å². The highest BCUT2D eigenvalue weighted by molar-refractivity contribution is 7.09. The fourth-order valence-electron chi connectivity index (χ4n) is 3.53. The molecule has 2 aromatic carbocycles. The largest absolute Gasteiger partial charge is 0.497 e. The van der Waals surface area contributed by atoms with E-state index < -0.39 is 0 Å². The summed E-state index contributed by atoms with van der Waals surface area (Å²) in [6, 6.07) is 15.5. The highest BCUT2D eigenvalue weighted by Crippen LogP contribution is 2.26. The predicted octanol–water partition coefficient (Wildman–Crippen LogP) is 4.36. The molecule has 0 radical (unpaired) electrons. The number of hydrogen-bond donors (Lipinski definition) is 0. The van der Waals surface area contributed by atoms with Crippen LogP contribution in [-0.4, -0.2) is 54.0 Å². The van der Waals surface area contributed by atoms with Gasteiger partial charge in [0.2, 0.25) is 5.91 Å². The van der Waals surface area contributed by atoms with Crippen molar-refractivity contribution < 1.29 is 9.53 Å². The second-order valence-corrected chi connectivity index (χ2v) is 8.70. The van der Waals surface area contributed by atoms with E-state index in [9.17, 15) is 4.79 Å². The van der Waals surface area contributed by atoms with Gasteiger partial charge >= 0.3 is 0 Å². The van der Waals surface area contributed by atoms with Crippen LogP contribution in [0.25, 0.3) is 11.3 Å². The summed E-state index contributed by atoms with van der Waals surface area (Å²) in [5.74, 6) is 1.01. The first-order valence-corrected chi connectivity index (χ1v) is 11.2. The summed E-state index contributed by atoms with van der Waals surface area (Å²) in [4.78, 5) is 21.7. The summed E-state index contributed by atoms with van der Waals surface area (Å²) < 4.78 is 5.31. The van der Waals surface area contributed by atoms with Gasteiger partial charge in [0, 0.05) is 42.1 Å². The number of nitrogens with zero attached hydrogens (tertiary/aromatic N) is 3. The van der Waals surface area contributed by atoms with Crippen molar-refractivity contribution in [3.63, 3.8) is 0 Å². The van der Waals surface area contributed by atoms with E-state index in [2.05, 4.69) is 10.3 Å². The van der Waals surface area contributed by atoms with Gasteiger partial charge in [0.25, 0.3) is 0 Å². The lowest BCUT2D eigenvalue weighted by Crippen LogP contribution is -2.48. The Morgan fingerprint density at radius 3 is 2.63 bits per heavy atom. The molecular weight excluding hydrogens is 418 g/mol. The first kappa shape index (κ1) is 20.8. The van der Waals surface area contributed by atoms with E-state index in [1.165, 1.54) is 0 Å². The molecule has 0 unspecified atom stereocenters. The maximum atomic E-state index is 12.6. The average Bonchev–Trinajstić information content (AvgIpc) is 3.24. The molecule has 30 heavy (non-hydrogen) atoms. The quantitative estimate of drug-likeness (QED) is 0.570. The fraction of sp³-hybridized carbons (Fsp3) is 0.304. The first-order valence-electron chi connectivity index (χ1n) is 9.94. The molecule has 0 bridgehead atoms. The van der Waals surface area contributed by atoms with Crippen LogP contribution in [0.2, 0.25) is 5.02 Å². The van der Waals surface area contributed by atoms with Gasteiger partial charge in [-0.3, -0.25) is 9.69 Å². The number of amides is 1. The van der Waals surface area contributed by atoms with E-state index in [-0.39, 0.29) is 5.91 Å². The molecular formula is C23H24ClN3O2S. The third kappa shape index (κ3) is 5.19. The van der Waals surface area contributed by atoms with Crippen molar-refractivity contribution in [1.82, 2.24) is 14.8 Å². The Bertz CT molecular complexity index is 998. The molecule has 2 heterocycles. The summed E-state index contributed by atoms with van der Waals surface area (Å²) in [5.41, 5.74) is 3.04. The summed E-state index contributed by atoms with van der Waals surface area (Å²) in [6.45, 7) is 4.04. The van der Waals surface area contributed by atoms with Crippen LogP contribution in [0, 0.1) is 0 Å². The number of thiazole rings is 1. The number of carbonyl (C=O) groups excluding carboxylic acids is 1. The number of methoxy groups -OCH3 is 1. The molecule has 1 aliphatic rings. The molecule has 0 N–H and O–H groups in total. The summed E-state index contributed by atoms with van der Waals surface area (Å²) in [6.07, 6.45) is 0.424. The molecule has 1 saturated heterocycles. The normalized spacial score (nSPS) is 14.7. The Morgan fingerprint density at radius 2 is 1.90 bits per heavy atom. The number of benzene rings is 2. The molecule has 0 spiro atoms. The van der Waals surface area contributed by atoms with Gasteiger partial charge in [-0.05, 0) is 29.8 Å². The lowest BCUT2D eigenvalue weighted by atomic mass is 10.1. The lowest BCUT2D eigenvalue weighted by molar-refractivity contribution is -0.132. The molecule has 4 rings (SSSR count). The number of piperazine rings is 1. The Kier molecular flexibility index (Phi) is 6.67. The number of halogens is 1. The smallest absolute Gasteiger partial charge is 0.227 e. The zero-order chi connectivity index (χ0) is 20.9. The third-order valence-electron chi connectivity index (χ3n) is 5.27. The third-order valence-corrected chi connectivity index (χ3v) is 6.36. The standard InChI is InChI=1S/C23H24ClN3O2S/c1-29-20-4-2-3-18(14-20)21-16-30-22(25-21)15-26-9-11-27(12-10-26)23(28)13-17-5-7-19(24)8-6-17/h2-8,14,16H,9-13,15H2,1H3. The molecule has 5 nitrogen and oxygen atoms in total. The molecule has 1 fully saturated rings. The molecule has 1 aromatic heterocycles. The van der Waals surface area contributed by atoms with Crippen molar-refractivity contribution in [3.05, 3.63) is 69.5 Å². The minimum atomic E-state index is 0.173. The maximum Gasteiger partial charge on any atom is 0.227 e. The second kappa shape index (κ2) is 9.60. The second-order valence-electron chi connectivity index (χ2n) is 7.32. The Hall–Kier alpha value is -2.41. The summed E-state index contributed by atoms with van der Waals surface area (Å²) >= 11 is 7.60. The molecule has 0 aliphatic carbocycles. The van der Waals surface area contributed by atoms with E-state index in [1.807, 2.05) is 53.4 Å². The minimum absolute atomic E-state index is 0.173. The zero-order valence-corrected chi connectivity index (χ0v) is 18.5. The lowest BCUT2D eigenvalue weighted by Gasteiger charge is -2.34. The highest BCUT2D eigenvalue weighted by Gasteiger charge is 2.22. The van der Waals surface area contributed by atoms with Crippen LogP contribution in [0.4, 0.5) is 0 Å². The van der Waals surface area contributed by atoms with Gasteiger partial charge in [0.05, 0.1) is 25.8 Å². The van der Waals surface area contributed by atoms with E-state index in [4.69, 9.17) is 21.3 Å². The van der Waals surface area contributed by atoms with Gasteiger partial charge in [-0.15, -0.1) is 11.3 Å². The van der Waals surface area contributed by atoms with Crippen molar-refractivity contribution in [3.8, 4) is 17.0 Å². The van der Waals surface area contributed by atoms with Crippen LogP contribution in [0.3, 0.4) is 0 Å². The fourth-order valence-corrected chi connectivity index (χ4v) is 4.50. The van der Waals surface area contributed by atoms with Gasteiger partial charge < -0.3 is 9.64 Å². The van der Waals surface area contributed by atoms with Crippen molar-refractivity contribution in [2.45, 2.75) is 13.0 Å². The van der Waals surface area contributed by atoms with Crippen LogP contribution < -0.4 is 4.74 Å². The van der Waals surface area contributed by atoms with Gasteiger partial charge in [-0.25, -0.2) is 4.98 Å². The molecule has 156 valence electrons. The maximum absolute atomic E-state index is 12.6. The summed E-state index contributed by atoms with van der Waals surface area (Å²) in [7, 11) is 1.67. The molecule has 0 saturated carbocycles. The topological polar surface area (TPSA) is 45.7 Å². The van der Waals surface area contributed by atoms with Crippen LogP contribution >= 0.6 is 22.9 Å². The molecule has 3 aromatic rings. The van der Waals surface area contributed by atoms with Crippen LogP contribution in [0.1, 0.15) is 10.6 Å². The number of carbonyl (C=O) groups is 1. The first-order chi connectivity index (χ1) is 14.6. The predicted molar refractivity (Wildman–Crippen MR) is 121 cm³/mol. The SMILES string of the molecule is COc1cccc(-c2csc(CN3CCN(C(=O)Cc4ccc(Cl)cc4)CC3)n2)c1. The van der Waals surface area contributed by atoms with Gasteiger partial charge in [-0.2, -0.15) is 0 Å². The zero-order valence-electron chi connectivity index (χ0n) is 16.9. The molecule has 0 atom stereocenters. The molecule has 7 heteroatoms. The van der Waals surface area contributed by atoms with Crippen LogP contribution in [-0.2, 0) is 17.8 Å². The minimum Gasteiger partial charge on any atom is -0.497 e. The van der Waals surface area contributed by atoms with Crippen molar-refractivity contribution >= 4 is 28.8 Å². The Morgan fingerprint density at radius 1 is 1.13 bits per heavy atom. The van der Waals surface area contributed by atoms with E-state index in [1.54, 1.807) is 18.4 Å². The molecule has 1 amide bonds. The number of rotatable bonds is 6. The van der Waals surface area contributed by atoms with Crippen molar-refractivity contribution in [2.75, 3.05) is 33.3 Å². The Labute approximate surface area is 185 Å². The van der Waals surface area contributed by atoms with Gasteiger partial charge in [0.15, 0.2) is 0 Å². The van der Waals surface area contributed by atoms with Gasteiger partial charge in [0.1, 0.15) is 10.8 Å². The number of hydrogen-bond acceptors (Lipinski definition) is 5. The van der Waals surface area contributed by atoms with Crippen LogP contribution in [0.15, 0.2) is 53.9 Å². The van der Waals surface area contributed by atoms with E-state index in [0.29, 0.717) is 11.4 Å². The molecule has 1 aliphatic heterocycles. The Balaban J connectivity index is 1.29. The summed E-state index contributed by atoms with van der Waals surface area (Å²) in [5, 5.41) is 3.88. The number of ether oxygens (including phenoxy) is 1. The van der Waals surface area contributed by atoms with Crippen molar-refractivity contribution in [1.29, 1.82) is 0 Å². The van der Waals surface area contributed by atoms with E-state index in [0.717, 1.165) is 60.3 Å². The monoisotopic (exact) mass is 441 g/mol. The highest BCUT2D eigenvalue weighted by atomic mass is 35.5. The van der Waals surface area contributed by atoms with Crippen LogP contribution in [0.5, 0.6) is 5.75 Å².